The lowest BCUT2D eigenvalue weighted by Crippen LogP contribution is -2.43. The number of carbonyl (C=O) groups is 1. The number of hydrogen-bond acceptors (Lipinski definition) is 6. The first-order valence-electron chi connectivity index (χ1n) is 11.1. The maximum absolute atomic E-state index is 14.9. The van der Waals surface area contributed by atoms with E-state index in [2.05, 4.69) is 20.5 Å². The van der Waals surface area contributed by atoms with Crippen molar-refractivity contribution in [3.05, 3.63) is 34.3 Å². The highest BCUT2D eigenvalue weighted by molar-refractivity contribution is 7.91. The molecule has 0 spiro atoms. The number of alkyl halides is 1. The van der Waals surface area contributed by atoms with Crippen LogP contribution in [0.25, 0.3) is 0 Å². The number of rotatable bonds is 6. The van der Waals surface area contributed by atoms with Gasteiger partial charge in [0.1, 0.15) is 24.0 Å². The number of amides is 2. The first kappa shape index (κ1) is 22.1. The van der Waals surface area contributed by atoms with Crippen LogP contribution in [0.4, 0.5) is 19.3 Å². The number of ether oxygens (including phenoxy) is 1. The largest absolute Gasteiger partial charge is 0.475 e. The van der Waals surface area contributed by atoms with Crippen molar-refractivity contribution in [1.29, 1.82) is 4.78 Å². The molecule has 1 unspecified atom stereocenters. The van der Waals surface area contributed by atoms with Crippen molar-refractivity contribution in [3.8, 4) is 5.88 Å². The van der Waals surface area contributed by atoms with Crippen LogP contribution in [0.5, 0.6) is 5.88 Å². The number of urea groups is 1. The summed E-state index contributed by atoms with van der Waals surface area (Å²) in [4.78, 5) is 12.8. The second-order valence-electron chi connectivity index (χ2n) is 8.57. The summed E-state index contributed by atoms with van der Waals surface area (Å²) in [5.74, 6) is 0.00498. The van der Waals surface area contributed by atoms with Crippen LogP contribution in [0.1, 0.15) is 35.1 Å². The fourth-order valence-corrected chi connectivity index (χ4v) is 6.04. The standard InChI is InChI=1S/C21H26F2N6O3S/c22-7-8-25-12-10-29-20(32-11-12)17(9-26-29)33(24,31)28-21(30)27-19-15-5-1-3-13(15)18(23)14-4-2-6-16(14)19/h9,12,25H,1-8,10-11H2,(H3,24,27,28,30,31)/t12-,33?/m0/s1. The highest BCUT2D eigenvalue weighted by Gasteiger charge is 2.32. The molecule has 4 N–H and O–H groups in total. The molecule has 0 saturated heterocycles. The zero-order chi connectivity index (χ0) is 23.2. The molecular weight excluding hydrogens is 454 g/mol. The van der Waals surface area contributed by atoms with Crippen molar-refractivity contribution >= 4 is 21.6 Å². The normalized spacial score (nSPS) is 20.4. The van der Waals surface area contributed by atoms with Crippen LogP contribution in [-0.2, 0) is 42.1 Å². The molecule has 1 aromatic carbocycles. The average molecular weight is 481 g/mol. The molecular formula is C21H26F2N6O3S. The monoisotopic (exact) mass is 480 g/mol. The lowest BCUT2D eigenvalue weighted by molar-refractivity contribution is 0.177. The van der Waals surface area contributed by atoms with E-state index in [0.29, 0.717) is 49.0 Å². The molecule has 2 atom stereocenters. The van der Waals surface area contributed by atoms with E-state index in [1.807, 2.05) is 0 Å². The zero-order valence-corrected chi connectivity index (χ0v) is 18.8. The Morgan fingerprint density at radius 3 is 2.55 bits per heavy atom. The van der Waals surface area contributed by atoms with Gasteiger partial charge in [0.2, 0.25) is 5.88 Å². The minimum absolute atomic E-state index is 0.0313. The summed E-state index contributed by atoms with van der Waals surface area (Å²) in [5, 5.41) is 9.87. The smallest absolute Gasteiger partial charge is 0.331 e. The van der Waals surface area contributed by atoms with E-state index in [1.165, 1.54) is 10.9 Å². The Labute approximate surface area is 190 Å². The van der Waals surface area contributed by atoms with Gasteiger partial charge in [0.25, 0.3) is 0 Å². The first-order chi connectivity index (χ1) is 15.9. The molecule has 1 aliphatic heterocycles. The minimum Gasteiger partial charge on any atom is -0.475 e. The van der Waals surface area contributed by atoms with Crippen LogP contribution < -0.4 is 20.1 Å². The Kier molecular flexibility index (Phi) is 5.73. The number of benzene rings is 1. The Balaban J connectivity index is 1.35. The molecule has 2 aromatic rings. The van der Waals surface area contributed by atoms with Gasteiger partial charge in [-0.1, -0.05) is 0 Å². The van der Waals surface area contributed by atoms with Gasteiger partial charge >= 0.3 is 6.03 Å². The fourth-order valence-electron chi connectivity index (χ4n) is 5.02. The summed E-state index contributed by atoms with van der Waals surface area (Å²) in [6.07, 6.45) is 5.52. The molecule has 2 aliphatic carbocycles. The molecule has 5 rings (SSSR count). The molecule has 33 heavy (non-hydrogen) atoms. The average Bonchev–Trinajstić information content (AvgIpc) is 3.53. The quantitative estimate of drug-likeness (QED) is 0.506. The van der Waals surface area contributed by atoms with Gasteiger partial charge < -0.3 is 15.4 Å². The topological polar surface area (TPSA) is 121 Å². The second kappa shape index (κ2) is 8.56. The molecule has 178 valence electrons. The number of carbonyl (C=O) groups excluding carboxylic acids is 1. The van der Waals surface area contributed by atoms with Gasteiger partial charge in [-0.3, -0.25) is 0 Å². The molecule has 12 heteroatoms. The third-order valence-corrected chi connectivity index (χ3v) is 7.83. The zero-order valence-electron chi connectivity index (χ0n) is 18.0. The number of aromatic nitrogens is 2. The SMILES string of the molecule is N=S(=O)(NC(=O)Nc1c2c(c(F)c3c1CCC3)CCC2)c1cnn2c1OC[C@@H](NCCF)C2. The molecule has 0 radical (unpaired) electrons. The van der Waals surface area contributed by atoms with Gasteiger partial charge in [0.05, 0.1) is 18.8 Å². The molecule has 2 heterocycles. The molecule has 2 amide bonds. The summed E-state index contributed by atoms with van der Waals surface area (Å²) in [6, 6.07) is -0.954. The number of nitrogens with one attached hydrogen (secondary N) is 4. The number of hydrogen-bond donors (Lipinski definition) is 4. The Hall–Kier alpha value is -2.73. The van der Waals surface area contributed by atoms with Crippen LogP contribution in [-0.4, -0.2) is 45.9 Å². The third kappa shape index (κ3) is 3.95. The minimum atomic E-state index is -3.77. The van der Waals surface area contributed by atoms with Crippen LogP contribution in [0, 0.1) is 10.6 Å². The van der Waals surface area contributed by atoms with Crippen LogP contribution in [0.3, 0.4) is 0 Å². The number of nitrogens with zero attached hydrogens (tertiary/aromatic N) is 2. The summed E-state index contributed by atoms with van der Waals surface area (Å²) < 4.78 is 58.0. The van der Waals surface area contributed by atoms with E-state index >= 15 is 0 Å². The van der Waals surface area contributed by atoms with Gasteiger partial charge in [0, 0.05) is 12.2 Å². The predicted molar refractivity (Wildman–Crippen MR) is 117 cm³/mol. The molecule has 1 aromatic heterocycles. The van der Waals surface area contributed by atoms with E-state index in [9.17, 15) is 17.8 Å². The predicted octanol–water partition coefficient (Wildman–Crippen LogP) is 2.46. The number of anilines is 1. The van der Waals surface area contributed by atoms with Crippen LogP contribution in [0.15, 0.2) is 11.1 Å². The van der Waals surface area contributed by atoms with Crippen molar-refractivity contribution in [2.75, 3.05) is 25.1 Å². The first-order valence-corrected chi connectivity index (χ1v) is 12.6. The Morgan fingerprint density at radius 1 is 1.21 bits per heavy atom. The summed E-state index contributed by atoms with van der Waals surface area (Å²) in [6.45, 7) is 0.248. The van der Waals surface area contributed by atoms with Crippen molar-refractivity contribution < 1.29 is 22.5 Å². The van der Waals surface area contributed by atoms with Crippen molar-refractivity contribution in [2.45, 2.75) is 56.0 Å². The summed E-state index contributed by atoms with van der Waals surface area (Å²) in [7, 11) is -3.77. The summed E-state index contributed by atoms with van der Waals surface area (Å²) >= 11 is 0. The number of fused-ring (bicyclic) bond motifs is 3. The maximum Gasteiger partial charge on any atom is 0.331 e. The number of halogens is 2. The highest BCUT2D eigenvalue weighted by Crippen LogP contribution is 2.41. The third-order valence-electron chi connectivity index (χ3n) is 6.46. The van der Waals surface area contributed by atoms with E-state index < -0.39 is 22.6 Å². The van der Waals surface area contributed by atoms with Crippen molar-refractivity contribution in [2.24, 2.45) is 0 Å². The van der Waals surface area contributed by atoms with Gasteiger partial charge in [-0.15, -0.1) is 0 Å². The van der Waals surface area contributed by atoms with Gasteiger partial charge in [-0.25, -0.2) is 32.0 Å². The van der Waals surface area contributed by atoms with Gasteiger partial charge in [-0.2, -0.15) is 5.10 Å². The Morgan fingerprint density at radius 2 is 1.88 bits per heavy atom. The molecule has 9 nitrogen and oxygen atoms in total. The van der Waals surface area contributed by atoms with Crippen molar-refractivity contribution in [1.82, 2.24) is 19.8 Å². The highest BCUT2D eigenvalue weighted by atomic mass is 32.2. The lowest BCUT2D eigenvalue weighted by atomic mass is 9.98. The molecule has 3 aliphatic rings. The summed E-state index contributed by atoms with van der Waals surface area (Å²) in [5.41, 5.74) is 3.52. The second-order valence-corrected chi connectivity index (χ2v) is 10.3. The Bertz CT molecular complexity index is 1180. The fraction of sp³-hybridized carbons (Fsp3) is 0.524. The molecule has 0 saturated carbocycles. The van der Waals surface area contributed by atoms with Crippen LogP contribution >= 0.6 is 0 Å². The van der Waals surface area contributed by atoms with E-state index in [4.69, 9.17) is 9.52 Å². The van der Waals surface area contributed by atoms with E-state index in [0.717, 1.165) is 24.0 Å². The lowest BCUT2D eigenvalue weighted by Gasteiger charge is -2.25. The van der Waals surface area contributed by atoms with Gasteiger partial charge in [-0.05, 0) is 60.8 Å². The van der Waals surface area contributed by atoms with E-state index in [-0.39, 0.29) is 35.8 Å². The van der Waals surface area contributed by atoms with E-state index in [1.54, 1.807) is 0 Å². The van der Waals surface area contributed by atoms with Crippen LogP contribution in [0.2, 0.25) is 0 Å². The molecule has 0 bridgehead atoms. The molecule has 0 fully saturated rings. The van der Waals surface area contributed by atoms with Gasteiger partial charge in [0.15, 0.2) is 9.92 Å². The van der Waals surface area contributed by atoms with Crippen molar-refractivity contribution in [3.63, 3.8) is 0 Å². The maximum atomic E-state index is 14.9.